The highest BCUT2D eigenvalue weighted by Crippen LogP contribution is 2.22. The molecule has 0 aliphatic carbocycles. The molecule has 3 N–H and O–H groups in total. The molecule has 1 aromatic carbocycles. The van der Waals surface area contributed by atoms with E-state index in [2.05, 4.69) is 9.62 Å². The third kappa shape index (κ3) is 3.63. The summed E-state index contributed by atoms with van der Waals surface area (Å²) < 4.78 is 27.1. The van der Waals surface area contributed by atoms with Crippen molar-refractivity contribution in [2.45, 2.75) is 30.7 Å². The monoisotopic (exact) mass is 317 g/mol. The molecule has 1 heterocycles. The van der Waals surface area contributed by atoms with E-state index < -0.39 is 10.0 Å². The molecule has 1 aromatic rings. The lowest BCUT2D eigenvalue weighted by molar-refractivity contribution is 0.260. The second-order valence-electron chi connectivity index (χ2n) is 5.13. The van der Waals surface area contributed by atoms with Crippen LogP contribution in [0.15, 0.2) is 23.1 Å². The highest BCUT2D eigenvalue weighted by atomic mass is 35.5. The van der Waals surface area contributed by atoms with Crippen LogP contribution in [0.2, 0.25) is 5.02 Å². The molecule has 1 saturated heterocycles. The molecule has 0 aromatic heterocycles. The molecule has 1 fully saturated rings. The minimum atomic E-state index is -3.62. The Morgan fingerprint density at radius 2 is 2.05 bits per heavy atom. The quantitative estimate of drug-likeness (QED) is 0.810. The van der Waals surface area contributed by atoms with Gasteiger partial charge in [-0.15, -0.1) is 0 Å². The summed E-state index contributed by atoms with van der Waals surface area (Å²) in [4.78, 5) is 2.32. The Labute approximate surface area is 125 Å². The van der Waals surface area contributed by atoms with Crippen molar-refractivity contribution in [2.75, 3.05) is 25.4 Å². The van der Waals surface area contributed by atoms with Crippen molar-refractivity contribution in [3.8, 4) is 0 Å². The topological polar surface area (TPSA) is 75.4 Å². The zero-order valence-electron chi connectivity index (χ0n) is 11.5. The highest BCUT2D eigenvalue weighted by Gasteiger charge is 2.22. The lowest BCUT2D eigenvalue weighted by Gasteiger charge is -2.23. The first-order chi connectivity index (χ1) is 9.40. The van der Waals surface area contributed by atoms with Gasteiger partial charge in [-0.1, -0.05) is 11.6 Å². The van der Waals surface area contributed by atoms with Crippen molar-refractivity contribution in [2.24, 2.45) is 0 Å². The molecule has 2 rings (SSSR count). The summed E-state index contributed by atoms with van der Waals surface area (Å²) in [7, 11) is -3.62. The lowest BCUT2D eigenvalue weighted by Crippen LogP contribution is -2.40. The van der Waals surface area contributed by atoms with Gasteiger partial charge in [0, 0.05) is 17.6 Å². The number of benzene rings is 1. The van der Waals surface area contributed by atoms with E-state index in [9.17, 15) is 8.42 Å². The second-order valence-corrected chi connectivity index (χ2v) is 7.30. The zero-order valence-corrected chi connectivity index (χ0v) is 13.0. The molecule has 1 unspecified atom stereocenters. The summed E-state index contributed by atoms with van der Waals surface area (Å²) in [5.74, 6) is 0. The van der Waals surface area contributed by atoms with Gasteiger partial charge in [0.15, 0.2) is 0 Å². The van der Waals surface area contributed by atoms with E-state index in [0.29, 0.717) is 11.6 Å². The van der Waals surface area contributed by atoms with Crippen molar-refractivity contribution in [3.63, 3.8) is 0 Å². The van der Waals surface area contributed by atoms with Crippen molar-refractivity contribution >= 4 is 27.3 Å². The second kappa shape index (κ2) is 6.30. The molecular weight excluding hydrogens is 298 g/mol. The van der Waals surface area contributed by atoms with Crippen molar-refractivity contribution in [1.29, 1.82) is 0 Å². The van der Waals surface area contributed by atoms with Gasteiger partial charge < -0.3 is 5.73 Å². The van der Waals surface area contributed by atoms with Crippen LogP contribution in [0.25, 0.3) is 0 Å². The highest BCUT2D eigenvalue weighted by molar-refractivity contribution is 7.89. The van der Waals surface area contributed by atoms with Crippen molar-refractivity contribution in [1.82, 2.24) is 9.62 Å². The molecule has 1 aliphatic rings. The maximum atomic E-state index is 12.3. The van der Waals surface area contributed by atoms with Gasteiger partial charge in [-0.05, 0) is 51.1 Å². The molecule has 0 bridgehead atoms. The Balaban J connectivity index is 2.05. The number of anilines is 1. The van der Waals surface area contributed by atoms with E-state index in [-0.39, 0.29) is 16.6 Å². The molecule has 0 radical (unpaired) electrons. The minimum absolute atomic E-state index is 0.0404. The summed E-state index contributed by atoms with van der Waals surface area (Å²) in [5.41, 5.74) is 5.92. The SMILES string of the molecule is CC(CNS(=O)(=O)c1cc(Cl)ccc1N)N1CCCC1. The van der Waals surface area contributed by atoms with Crippen LogP contribution >= 0.6 is 11.6 Å². The number of hydrogen-bond donors (Lipinski definition) is 2. The van der Waals surface area contributed by atoms with Gasteiger partial charge in [-0.3, -0.25) is 4.90 Å². The summed E-state index contributed by atoms with van der Waals surface area (Å²) in [6, 6.07) is 4.62. The van der Waals surface area contributed by atoms with Gasteiger partial charge in [-0.25, -0.2) is 13.1 Å². The van der Waals surface area contributed by atoms with Gasteiger partial charge in [0.1, 0.15) is 4.90 Å². The Hall–Kier alpha value is -0.820. The minimum Gasteiger partial charge on any atom is -0.398 e. The summed E-state index contributed by atoms with van der Waals surface area (Å²) >= 11 is 5.83. The number of halogens is 1. The molecule has 20 heavy (non-hydrogen) atoms. The molecule has 1 atom stereocenters. The molecule has 1 aliphatic heterocycles. The summed E-state index contributed by atoms with van der Waals surface area (Å²) in [5, 5.41) is 0.354. The summed E-state index contributed by atoms with van der Waals surface area (Å²) in [6.07, 6.45) is 2.36. The van der Waals surface area contributed by atoms with E-state index in [1.807, 2.05) is 6.92 Å². The van der Waals surface area contributed by atoms with Crippen LogP contribution in [-0.4, -0.2) is 39.0 Å². The molecule has 7 heteroatoms. The van der Waals surface area contributed by atoms with Crippen molar-refractivity contribution in [3.05, 3.63) is 23.2 Å². The van der Waals surface area contributed by atoms with Gasteiger partial charge in [-0.2, -0.15) is 0 Å². The third-order valence-electron chi connectivity index (χ3n) is 3.60. The average Bonchev–Trinajstić information content (AvgIpc) is 2.93. The standard InChI is InChI=1S/C13H20ClN3O2S/c1-10(17-6-2-3-7-17)9-16-20(18,19)13-8-11(14)4-5-12(13)15/h4-5,8,10,16H,2-3,6-7,9,15H2,1H3. The average molecular weight is 318 g/mol. The van der Waals surface area contributed by atoms with E-state index in [1.54, 1.807) is 6.07 Å². The van der Waals surface area contributed by atoms with Gasteiger partial charge in [0.2, 0.25) is 10.0 Å². The van der Waals surface area contributed by atoms with E-state index >= 15 is 0 Å². The van der Waals surface area contributed by atoms with Crippen molar-refractivity contribution < 1.29 is 8.42 Å². The van der Waals surface area contributed by atoms with Gasteiger partial charge in [0.05, 0.1) is 5.69 Å². The molecule has 0 amide bonds. The van der Waals surface area contributed by atoms with Crippen LogP contribution in [0, 0.1) is 0 Å². The number of rotatable bonds is 5. The maximum absolute atomic E-state index is 12.3. The predicted molar refractivity (Wildman–Crippen MR) is 81.3 cm³/mol. The van der Waals surface area contributed by atoms with Crippen LogP contribution in [0.5, 0.6) is 0 Å². The number of hydrogen-bond acceptors (Lipinski definition) is 4. The van der Waals surface area contributed by atoms with Crippen LogP contribution in [-0.2, 0) is 10.0 Å². The Morgan fingerprint density at radius 3 is 2.70 bits per heavy atom. The number of nitrogens with two attached hydrogens (primary N) is 1. The number of nitrogens with zero attached hydrogens (tertiary/aromatic N) is 1. The Morgan fingerprint density at radius 1 is 1.40 bits per heavy atom. The number of nitrogen functional groups attached to an aromatic ring is 1. The van der Waals surface area contributed by atoms with Crippen LogP contribution < -0.4 is 10.5 Å². The van der Waals surface area contributed by atoms with Gasteiger partial charge >= 0.3 is 0 Å². The first kappa shape index (κ1) is 15.6. The van der Waals surface area contributed by atoms with E-state index in [1.165, 1.54) is 25.0 Å². The largest absolute Gasteiger partial charge is 0.398 e. The number of sulfonamides is 1. The fraction of sp³-hybridized carbons (Fsp3) is 0.538. The van der Waals surface area contributed by atoms with E-state index in [4.69, 9.17) is 17.3 Å². The zero-order chi connectivity index (χ0) is 14.8. The molecular formula is C13H20ClN3O2S. The number of likely N-dealkylation sites (tertiary alicyclic amines) is 1. The Bertz CT molecular complexity index is 571. The summed E-state index contributed by atoms with van der Waals surface area (Å²) in [6.45, 7) is 4.45. The molecule has 5 nitrogen and oxygen atoms in total. The Kier molecular flexibility index (Phi) is 4.90. The fourth-order valence-electron chi connectivity index (χ4n) is 2.36. The maximum Gasteiger partial charge on any atom is 0.242 e. The predicted octanol–water partition coefficient (Wildman–Crippen LogP) is 1.68. The first-order valence-electron chi connectivity index (χ1n) is 6.69. The van der Waals surface area contributed by atoms with E-state index in [0.717, 1.165) is 13.1 Å². The number of nitrogens with one attached hydrogen (secondary N) is 1. The first-order valence-corrected chi connectivity index (χ1v) is 8.55. The molecule has 0 spiro atoms. The van der Waals surface area contributed by atoms with Crippen LogP contribution in [0.4, 0.5) is 5.69 Å². The third-order valence-corrected chi connectivity index (χ3v) is 5.31. The molecule has 112 valence electrons. The normalized spacial score (nSPS) is 18.3. The smallest absolute Gasteiger partial charge is 0.242 e. The van der Waals surface area contributed by atoms with Gasteiger partial charge in [0.25, 0.3) is 0 Å². The lowest BCUT2D eigenvalue weighted by atomic mass is 10.3. The molecule has 0 saturated carbocycles. The van der Waals surface area contributed by atoms with Crippen LogP contribution in [0.1, 0.15) is 19.8 Å². The fourth-order valence-corrected chi connectivity index (χ4v) is 3.87. The van der Waals surface area contributed by atoms with Crippen LogP contribution in [0.3, 0.4) is 0 Å².